The van der Waals surface area contributed by atoms with E-state index in [1.165, 1.54) is 14.2 Å². The van der Waals surface area contributed by atoms with Gasteiger partial charge in [-0.05, 0) is 86.4 Å². The molecule has 1 aliphatic carbocycles. The number of unbranched alkanes of at least 4 members (excludes halogenated alkanes) is 1. The number of cyclic esters (lactones) is 1. The van der Waals surface area contributed by atoms with Crippen molar-refractivity contribution in [3.05, 3.63) is 41.0 Å². The first-order valence-corrected chi connectivity index (χ1v) is 14.9. The molecule has 0 bridgehead atoms. The third-order valence-electron chi connectivity index (χ3n) is 8.41. The van der Waals surface area contributed by atoms with E-state index in [1.807, 2.05) is 12.1 Å². The van der Waals surface area contributed by atoms with Gasteiger partial charge in [-0.2, -0.15) is 0 Å². The molecule has 12 nitrogen and oxygen atoms in total. The molecular formula is C31H42N4O8. The first-order chi connectivity index (χ1) is 21.0. The van der Waals surface area contributed by atoms with Crippen molar-refractivity contribution in [2.75, 3.05) is 60.3 Å². The number of nitrogens with two attached hydrogens (primary N) is 1. The topological polar surface area (TPSA) is 163 Å². The van der Waals surface area contributed by atoms with Gasteiger partial charge in [-0.15, -0.1) is 0 Å². The fourth-order valence-corrected chi connectivity index (χ4v) is 6.27. The van der Waals surface area contributed by atoms with E-state index < -0.39 is 17.9 Å². The molecule has 0 radical (unpaired) electrons. The molecule has 4 unspecified atom stereocenters. The molecule has 234 valence electrons. The Kier molecular flexibility index (Phi) is 10.1. The largest absolute Gasteiger partial charge is 0.502 e. The number of methoxy groups -OCH3 is 2. The standard InChI is InChI=1S/C31H42N4O8/c1-39-24-12-18(13-25(40-2)30(24)37)27-19-14-22-23(43-17-42-22)15-20(19)29(21-16-41-31(38)28(21)27)35-26(36)6-11-34-10-5-9-33-8-4-3-7-32/h12-15,21,27-29,33-34,37H,3-11,16-17,32H2,1-2H3,(H,35,36). The van der Waals surface area contributed by atoms with E-state index in [2.05, 4.69) is 16.0 Å². The molecule has 4 atom stereocenters. The molecule has 6 N–H and O–H groups in total. The lowest BCUT2D eigenvalue weighted by atomic mass is 9.65. The van der Waals surface area contributed by atoms with E-state index in [-0.39, 0.29) is 48.4 Å². The van der Waals surface area contributed by atoms with Gasteiger partial charge in [0.05, 0.1) is 32.8 Å². The minimum atomic E-state index is -0.590. The van der Waals surface area contributed by atoms with E-state index in [0.717, 1.165) is 56.6 Å². The monoisotopic (exact) mass is 598 g/mol. The lowest BCUT2D eigenvalue weighted by molar-refractivity contribution is -0.141. The van der Waals surface area contributed by atoms with E-state index in [4.69, 9.17) is 29.4 Å². The van der Waals surface area contributed by atoms with Crippen LogP contribution < -0.4 is 40.6 Å². The summed E-state index contributed by atoms with van der Waals surface area (Å²) in [4.78, 5) is 26.5. The molecule has 2 aromatic rings. The first-order valence-electron chi connectivity index (χ1n) is 14.9. The number of phenols is 1. The zero-order valence-corrected chi connectivity index (χ0v) is 24.8. The first kappa shape index (κ1) is 30.7. The molecular weight excluding hydrogens is 556 g/mol. The molecule has 2 aromatic carbocycles. The number of aromatic hydroxyl groups is 1. The molecule has 0 aromatic heterocycles. The van der Waals surface area contributed by atoms with E-state index in [9.17, 15) is 14.7 Å². The van der Waals surface area contributed by atoms with Gasteiger partial charge in [0.25, 0.3) is 0 Å². The van der Waals surface area contributed by atoms with Crippen LogP contribution in [0.4, 0.5) is 0 Å². The Bertz CT molecular complexity index is 1280. The SMILES string of the molecule is COc1cc(C2c3cc4c(cc3C(NC(=O)CCNCCCNCCCCN)C3COC(=O)C23)OCO4)cc(OC)c1O. The van der Waals surface area contributed by atoms with Crippen molar-refractivity contribution in [2.24, 2.45) is 17.6 Å². The fraction of sp³-hybridized carbons (Fsp3) is 0.548. The van der Waals surface area contributed by atoms with Crippen molar-refractivity contribution in [1.29, 1.82) is 0 Å². The number of hydrogen-bond acceptors (Lipinski definition) is 11. The maximum Gasteiger partial charge on any atom is 0.310 e. The summed E-state index contributed by atoms with van der Waals surface area (Å²) in [5.41, 5.74) is 7.87. The zero-order valence-electron chi connectivity index (χ0n) is 24.8. The predicted molar refractivity (Wildman–Crippen MR) is 158 cm³/mol. The number of benzene rings is 2. The molecule has 2 aliphatic heterocycles. The molecule has 43 heavy (non-hydrogen) atoms. The number of hydrogen-bond donors (Lipinski definition) is 5. The number of carbonyl (C=O) groups is 2. The maximum absolute atomic E-state index is 13.3. The number of esters is 1. The smallest absolute Gasteiger partial charge is 0.310 e. The van der Waals surface area contributed by atoms with Crippen LogP contribution in [-0.2, 0) is 14.3 Å². The fourth-order valence-electron chi connectivity index (χ4n) is 6.27. The summed E-state index contributed by atoms with van der Waals surface area (Å²) in [6.45, 7) is 4.20. The molecule has 3 aliphatic rings. The van der Waals surface area contributed by atoms with Gasteiger partial charge in [-0.1, -0.05) is 0 Å². The number of ether oxygens (including phenoxy) is 5. The molecule has 1 saturated heterocycles. The Balaban J connectivity index is 1.34. The van der Waals surface area contributed by atoms with Crippen LogP contribution in [0.15, 0.2) is 24.3 Å². The lowest BCUT2D eigenvalue weighted by Crippen LogP contribution is -2.43. The lowest BCUT2D eigenvalue weighted by Gasteiger charge is -2.39. The molecule has 5 rings (SSSR count). The Hall–Kier alpha value is -3.74. The van der Waals surface area contributed by atoms with Crippen molar-refractivity contribution in [3.63, 3.8) is 0 Å². The van der Waals surface area contributed by atoms with Gasteiger partial charge in [0.15, 0.2) is 23.0 Å². The van der Waals surface area contributed by atoms with Gasteiger partial charge < -0.3 is 50.5 Å². The van der Waals surface area contributed by atoms with Crippen molar-refractivity contribution >= 4 is 11.9 Å². The van der Waals surface area contributed by atoms with Crippen molar-refractivity contribution in [3.8, 4) is 28.7 Å². The van der Waals surface area contributed by atoms with Gasteiger partial charge >= 0.3 is 5.97 Å². The van der Waals surface area contributed by atoms with Crippen LogP contribution in [0.2, 0.25) is 0 Å². The summed E-state index contributed by atoms with van der Waals surface area (Å²) < 4.78 is 27.8. The van der Waals surface area contributed by atoms with Gasteiger partial charge in [0, 0.05) is 24.8 Å². The molecule has 1 amide bonds. The number of carbonyl (C=O) groups excluding carboxylic acids is 2. The number of amides is 1. The summed E-state index contributed by atoms with van der Waals surface area (Å²) in [6, 6.07) is 6.71. The van der Waals surface area contributed by atoms with Crippen LogP contribution in [0.5, 0.6) is 28.7 Å². The third-order valence-corrected chi connectivity index (χ3v) is 8.41. The summed E-state index contributed by atoms with van der Waals surface area (Å²) >= 11 is 0. The summed E-state index contributed by atoms with van der Waals surface area (Å²) in [5, 5.41) is 20.5. The highest BCUT2D eigenvalue weighted by Gasteiger charge is 2.53. The van der Waals surface area contributed by atoms with Crippen LogP contribution in [0.1, 0.15) is 54.3 Å². The van der Waals surface area contributed by atoms with Gasteiger partial charge in [0.2, 0.25) is 18.4 Å². The van der Waals surface area contributed by atoms with Crippen molar-refractivity contribution < 1.29 is 38.4 Å². The Morgan fingerprint density at radius 1 is 0.930 bits per heavy atom. The van der Waals surface area contributed by atoms with Crippen molar-refractivity contribution in [2.45, 2.75) is 37.6 Å². The predicted octanol–water partition coefficient (Wildman–Crippen LogP) is 1.93. The molecule has 2 heterocycles. The summed E-state index contributed by atoms with van der Waals surface area (Å²) in [7, 11) is 2.92. The second kappa shape index (κ2) is 14.2. The van der Waals surface area contributed by atoms with Crippen LogP contribution in [0, 0.1) is 11.8 Å². The Labute approximate surface area is 251 Å². The highest BCUT2D eigenvalue weighted by Crippen LogP contribution is 2.55. The van der Waals surface area contributed by atoms with E-state index in [1.54, 1.807) is 12.1 Å². The van der Waals surface area contributed by atoms with E-state index >= 15 is 0 Å². The summed E-state index contributed by atoms with van der Waals surface area (Å²) in [6.07, 6.45) is 3.36. The quantitative estimate of drug-likeness (QED) is 0.150. The minimum Gasteiger partial charge on any atom is -0.502 e. The second-order valence-corrected chi connectivity index (χ2v) is 11.1. The van der Waals surface area contributed by atoms with Crippen LogP contribution in [-0.4, -0.2) is 77.3 Å². The summed E-state index contributed by atoms with van der Waals surface area (Å²) in [5.74, 6) is -0.368. The van der Waals surface area contributed by atoms with E-state index in [0.29, 0.717) is 30.0 Å². The van der Waals surface area contributed by atoms with Gasteiger partial charge in [0.1, 0.15) is 0 Å². The van der Waals surface area contributed by atoms with Crippen molar-refractivity contribution in [1.82, 2.24) is 16.0 Å². The average molecular weight is 599 g/mol. The third kappa shape index (κ3) is 6.61. The van der Waals surface area contributed by atoms with Gasteiger partial charge in [-0.25, -0.2) is 0 Å². The number of nitrogens with one attached hydrogen (secondary N) is 3. The maximum atomic E-state index is 13.3. The van der Waals surface area contributed by atoms with Crippen LogP contribution in [0.3, 0.4) is 0 Å². The second-order valence-electron chi connectivity index (χ2n) is 11.1. The number of rotatable bonds is 15. The van der Waals surface area contributed by atoms with Crippen LogP contribution in [0.25, 0.3) is 0 Å². The van der Waals surface area contributed by atoms with Gasteiger partial charge in [-0.3, -0.25) is 9.59 Å². The average Bonchev–Trinajstić information content (AvgIpc) is 3.63. The Morgan fingerprint density at radius 2 is 1.58 bits per heavy atom. The highest BCUT2D eigenvalue weighted by atomic mass is 16.7. The normalized spacial score (nSPS) is 21.6. The molecule has 0 saturated carbocycles. The number of phenolic OH excluding ortho intramolecular Hbond substituents is 1. The number of fused-ring (bicyclic) bond motifs is 3. The minimum absolute atomic E-state index is 0.0879. The highest BCUT2D eigenvalue weighted by molar-refractivity contribution is 5.81. The molecule has 0 spiro atoms. The van der Waals surface area contributed by atoms with Crippen LogP contribution >= 0.6 is 0 Å². The Morgan fingerprint density at radius 3 is 2.26 bits per heavy atom. The molecule has 12 heteroatoms. The zero-order chi connectivity index (χ0) is 30.3. The molecule has 1 fully saturated rings.